The van der Waals surface area contributed by atoms with E-state index in [0.717, 1.165) is 38.4 Å². The molecule has 2 atom stereocenters. The molecule has 1 aromatic heterocycles. The highest BCUT2D eigenvalue weighted by molar-refractivity contribution is 7.09. The van der Waals surface area contributed by atoms with Crippen molar-refractivity contribution in [3.63, 3.8) is 0 Å². The SMILES string of the molecule is CCC1CN(C(C)=O)CCC1NCc1csc(C2CC2)n1. The van der Waals surface area contributed by atoms with Gasteiger partial charge in [-0.2, -0.15) is 0 Å². The third kappa shape index (κ3) is 3.64. The van der Waals surface area contributed by atoms with Crippen molar-refractivity contribution in [2.24, 2.45) is 5.92 Å². The minimum absolute atomic E-state index is 0.209. The van der Waals surface area contributed by atoms with Crippen molar-refractivity contribution in [2.45, 2.75) is 58.0 Å². The molecule has 1 amide bonds. The summed E-state index contributed by atoms with van der Waals surface area (Å²) in [6, 6.07) is 0.511. The average molecular weight is 307 g/mol. The van der Waals surface area contributed by atoms with Crippen molar-refractivity contribution in [1.29, 1.82) is 0 Å². The monoisotopic (exact) mass is 307 g/mol. The summed E-state index contributed by atoms with van der Waals surface area (Å²) < 4.78 is 0. The zero-order valence-electron chi connectivity index (χ0n) is 13.0. The van der Waals surface area contributed by atoms with Crippen LogP contribution in [0, 0.1) is 5.92 Å². The van der Waals surface area contributed by atoms with E-state index in [1.54, 1.807) is 6.92 Å². The predicted molar refractivity (Wildman–Crippen MR) is 85.4 cm³/mol. The Kier molecular flexibility index (Phi) is 4.60. The second-order valence-corrected chi connectivity index (χ2v) is 7.25. The van der Waals surface area contributed by atoms with Crippen LogP contribution in [0.1, 0.15) is 56.2 Å². The molecule has 0 radical (unpaired) electrons. The fourth-order valence-electron chi connectivity index (χ4n) is 3.16. The fourth-order valence-corrected chi connectivity index (χ4v) is 4.15. The first-order chi connectivity index (χ1) is 10.2. The maximum atomic E-state index is 11.5. The number of nitrogens with zero attached hydrogens (tertiary/aromatic N) is 2. The van der Waals surface area contributed by atoms with Crippen molar-refractivity contribution < 1.29 is 4.79 Å². The number of carbonyl (C=O) groups is 1. The van der Waals surface area contributed by atoms with E-state index in [1.807, 2.05) is 16.2 Å². The molecular formula is C16H25N3OS. The molecule has 0 spiro atoms. The largest absolute Gasteiger partial charge is 0.343 e. The van der Waals surface area contributed by atoms with Gasteiger partial charge in [-0.25, -0.2) is 4.98 Å². The zero-order chi connectivity index (χ0) is 14.8. The minimum atomic E-state index is 0.209. The summed E-state index contributed by atoms with van der Waals surface area (Å²) >= 11 is 1.81. The third-order valence-corrected chi connectivity index (χ3v) is 5.80. The van der Waals surface area contributed by atoms with Crippen LogP contribution >= 0.6 is 11.3 Å². The molecule has 0 aromatic carbocycles. The van der Waals surface area contributed by atoms with Gasteiger partial charge in [0.15, 0.2) is 0 Å². The Morgan fingerprint density at radius 1 is 1.48 bits per heavy atom. The number of nitrogens with one attached hydrogen (secondary N) is 1. The standard InChI is InChI=1S/C16H25N3OS/c1-3-12-9-19(11(2)20)7-6-15(12)17-8-14-10-21-16(18-14)13-4-5-13/h10,12-13,15,17H,3-9H2,1-2H3. The van der Waals surface area contributed by atoms with Gasteiger partial charge in [-0.3, -0.25) is 4.79 Å². The topological polar surface area (TPSA) is 45.2 Å². The fraction of sp³-hybridized carbons (Fsp3) is 0.750. The zero-order valence-corrected chi connectivity index (χ0v) is 13.8. The molecule has 21 heavy (non-hydrogen) atoms. The van der Waals surface area contributed by atoms with Crippen LogP contribution in [0.25, 0.3) is 0 Å². The molecule has 1 aliphatic heterocycles. The molecule has 2 aliphatic rings. The van der Waals surface area contributed by atoms with Gasteiger partial charge in [0.25, 0.3) is 0 Å². The first-order valence-electron chi connectivity index (χ1n) is 8.10. The normalized spacial score (nSPS) is 26.1. The number of likely N-dealkylation sites (tertiary alicyclic amines) is 1. The van der Waals surface area contributed by atoms with E-state index in [0.29, 0.717) is 12.0 Å². The van der Waals surface area contributed by atoms with E-state index >= 15 is 0 Å². The predicted octanol–water partition coefficient (Wildman–Crippen LogP) is 2.76. The summed E-state index contributed by atoms with van der Waals surface area (Å²) in [4.78, 5) is 18.2. The highest BCUT2D eigenvalue weighted by Gasteiger charge is 2.29. The van der Waals surface area contributed by atoms with Gasteiger partial charge in [-0.15, -0.1) is 11.3 Å². The summed E-state index contributed by atoms with van der Waals surface area (Å²) in [6.45, 7) is 6.54. The van der Waals surface area contributed by atoms with Crippen molar-refractivity contribution in [1.82, 2.24) is 15.2 Å². The van der Waals surface area contributed by atoms with Crippen LogP contribution in [0.2, 0.25) is 0 Å². The number of amides is 1. The molecule has 1 saturated carbocycles. The van der Waals surface area contributed by atoms with Gasteiger partial charge in [-0.1, -0.05) is 13.3 Å². The maximum absolute atomic E-state index is 11.5. The van der Waals surface area contributed by atoms with Crippen LogP contribution < -0.4 is 5.32 Å². The molecule has 1 aromatic rings. The van der Waals surface area contributed by atoms with Gasteiger partial charge in [0, 0.05) is 43.9 Å². The molecular weight excluding hydrogens is 282 g/mol. The van der Waals surface area contributed by atoms with Crippen molar-refractivity contribution >= 4 is 17.2 Å². The first-order valence-corrected chi connectivity index (χ1v) is 8.98. The Morgan fingerprint density at radius 2 is 2.29 bits per heavy atom. The van der Waals surface area contributed by atoms with E-state index in [2.05, 4.69) is 17.6 Å². The van der Waals surface area contributed by atoms with E-state index in [9.17, 15) is 4.79 Å². The first kappa shape index (κ1) is 15.0. The van der Waals surface area contributed by atoms with E-state index in [4.69, 9.17) is 4.98 Å². The molecule has 1 aliphatic carbocycles. The Hall–Kier alpha value is -0.940. The maximum Gasteiger partial charge on any atom is 0.219 e. The third-order valence-electron chi connectivity index (χ3n) is 4.75. The lowest BCUT2D eigenvalue weighted by Gasteiger charge is -2.38. The Labute approximate surface area is 130 Å². The Morgan fingerprint density at radius 3 is 2.95 bits per heavy atom. The highest BCUT2D eigenvalue weighted by atomic mass is 32.1. The number of aromatic nitrogens is 1. The van der Waals surface area contributed by atoms with Crippen molar-refractivity contribution in [2.75, 3.05) is 13.1 Å². The van der Waals surface area contributed by atoms with Gasteiger partial charge in [-0.05, 0) is 25.2 Å². The van der Waals surface area contributed by atoms with Gasteiger partial charge in [0.05, 0.1) is 10.7 Å². The van der Waals surface area contributed by atoms with Crippen LogP contribution in [0.15, 0.2) is 5.38 Å². The number of piperidine rings is 1. The number of hydrogen-bond donors (Lipinski definition) is 1. The van der Waals surface area contributed by atoms with Gasteiger partial charge >= 0.3 is 0 Å². The number of rotatable bonds is 5. The minimum Gasteiger partial charge on any atom is -0.343 e. The lowest BCUT2D eigenvalue weighted by atomic mass is 9.90. The van der Waals surface area contributed by atoms with Crippen molar-refractivity contribution in [3.8, 4) is 0 Å². The number of thiazole rings is 1. The molecule has 5 heteroatoms. The number of carbonyl (C=O) groups excluding carboxylic acids is 1. The summed E-state index contributed by atoms with van der Waals surface area (Å²) in [5.41, 5.74) is 1.19. The highest BCUT2D eigenvalue weighted by Crippen LogP contribution is 2.41. The quantitative estimate of drug-likeness (QED) is 0.910. The van der Waals surface area contributed by atoms with E-state index in [1.165, 1.54) is 23.5 Å². The summed E-state index contributed by atoms with van der Waals surface area (Å²) in [6.07, 6.45) is 4.81. The summed E-state index contributed by atoms with van der Waals surface area (Å²) in [5, 5.41) is 7.20. The molecule has 1 saturated heterocycles. The van der Waals surface area contributed by atoms with Crippen LogP contribution in [0.5, 0.6) is 0 Å². The van der Waals surface area contributed by atoms with E-state index in [-0.39, 0.29) is 5.91 Å². The average Bonchev–Trinajstić information content (AvgIpc) is 3.24. The molecule has 4 nitrogen and oxygen atoms in total. The second kappa shape index (κ2) is 6.44. The van der Waals surface area contributed by atoms with Gasteiger partial charge in [0.2, 0.25) is 5.91 Å². The van der Waals surface area contributed by atoms with Gasteiger partial charge < -0.3 is 10.2 Å². The van der Waals surface area contributed by atoms with Crippen LogP contribution in [-0.2, 0) is 11.3 Å². The molecule has 3 rings (SSSR count). The Bertz CT molecular complexity index is 497. The van der Waals surface area contributed by atoms with Crippen LogP contribution in [-0.4, -0.2) is 34.9 Å². The molecule has 0 bridgehead atoms. The smallest absolute Gasteiger partial charge is 0.219 e. The molecule has 1 N–H and O–H groups in total. The van der Waals surface area contributed by atoms with E-state index < -0.39 is 0 Å². The second-order valence-electron chi connectivity index (χ2n) is 6.36. The summed E-state index contributed by atoms with van der Waals surface area (Å²) in [7, 11) is 0. The molecule has 2 heterocycles. The van der Waals surface area contributed by atoms with Crippen LogP contribution in [0.3, 0.4) is 0 Å². The molecule has 2 fully saturated rings. The summed E-state index contributed by atoms with van der Waals surface area (Å²) in [5.74, 6) is 1.52. The lowest BCUT2D eigenvalue weighted by molar-refractivity contribution is -0.131. The van der Waals surface area contributed by atoms with Crippen molar-refractivity contribution in [3.05, 3.63) is 16.1 Å². The lowest BCUT2D eigenvalue weighted by Crippen LogP contribution is -2.50. The Balaban J connectivity index is 1.52. The number of hydrogen-bond acceptors (Lipinski definition) is 4. The molecule has 2 unspecified atom stereocenters. The van der Waals surface area contributed by atoms with Gasteiger partial charge in [0.1, 0.15) is 0 Å². The molecule has 116 valence electrons. The van der Waals surface area contributed by atoms with Crippen LogP contribution in [0.4, 0.5) is 0 Å².